The van der Waals surface area contributed by atoms with Crippen molar-refractivity contribution in [2.24, 2.45) is 0 Å². The number of ether oxygens (including phenoxy) is 5. The van der Waals surface area contributed by atoms with E-state index < -0.39 is 23.7 Å². The van der Waals surface area contributed by atoms with Gasteiger partial charge in [0.25, 0.3) is 5.91 Å². The zero-order valence-corrected chi connectivity index (χ0v) is 26.8. The summed E-state index contributed by atoms with van der Waals surface area (Å²) in [6.45, 7) is 3.52. The quantitative estimate of drug-likeness (QED) is 0.156. The number of hydrogen-bond donors (Lipinski definition) is 1. The topological polar surface area (TPSA) is 121 Å². The summed E-state index contributed by atoms with van der Waals surface area (Å²) >= 11 is 1.12. The number of hydrogen-bond acceptors (Lipinski definition) is 10. The number of nitrogens with one attached hydrogen (secondary N) is 1. The lowest BCUT2D eigenvalue weighted by atomic mass is 10.0. The minimum atomic E-state index is -1.29. The molecule has 1 aliphatic heterocycles. The van der Waals surface area contributed by atoms with Crippen LogP contribution in [0.3, 0.4) is 0 Å². The van der Waals surface area contributed by atoms with Crippen LogP contribution < -0.4 is 29.0 Å². The maximum absolute atomic E-state index is 15.1. The van der Waals surface area contributed by atoms with Crippen LogP contribution in [0.1, 0.15) is 28.6 Å². The van der Waals surface area contributed by atoms with Crippen LogP contribution in [-0.4, -0.2) is 60.6 Å². The van der Waals surface area contributed by atoms with E-state index in [1.807, 2.05) is 19.9 Å². The molecular formula is C33H33FN4O7S. The molecule has 1 unspecified atom stereocenters. The predicted octanol–water partition coefficient (Wildman–Crippen LogP) is 5.49. The minimum absolute atomic E-state index is 0.0631. The van der Waals surface area contributed by atoms with Crippen molar-refractivity contribution in [2.45, 2.75) is 31.6 Å². The Balaban J connectivity index is 1.59. The Morgan fingerprint density at radius 3 is 2.26 bits per heavy atom. The van der Waals surface area contributed by atoms with Gasteiger partial charge in [0.15, 0.2) is 28.2 Å². The molecule has 0 aliphatic carbocycles. The van der Waals surface area contributed by atoms with E-state index in [-0.39, 0.29) is 36.2 Å². The third-order valence-corrected chi connectivity index (χ3v) is 7.94. The van der Waals surface area contributed by atoms with Gasteiger partial charge in [-0.05, 0) is 55.8 Å². The molecule has 1 atom stereocenters. The molecule has 1 aliphatic rings. The number of thioether (sulfide) groups is 1. The average Bonchev–Trinajstić information content (AvgIpc) is 3.51. The summed E-state index contributed by atoms with van der Waals surface area (Å²) in [5, 5.41) is 3.30. The highest BCUT2D eigenvalue weighted by atomic mass is 32.2. The molecule has 0 bridgehead atoms. The number of carbonyl (C=O) groups is 2. The van der Waals surface area contributed by atoms with Crippen LogP contribution in [0.15, 0.2) is 65.8 Å². The van der Waals surface area contributed by atoms with Crippen LogP contribution in [-0.2, 0) is 16.1 Å². The fourth-order valence-corrected chi connectivity index (χ4v) is 5.85. The van der Waals surface area contributed by atoms with Crippen molar-refractivity contribution < 1.29 is 37.7 Å². The molecule has 46 heavy (non-hydrogen) atoms. The Hall–Kier alpha value is -5.04. The van der Waals surface area contributed by atoms with Gasteiger partial charge in [-0.15, -0.1) is 0 Å². The van der Waals surface area contributed by atoms with E-state index in [1.54, 1.807) is 48.5 Å². The first kappa shape index (κ1) is 32.4. The first-order valence-corrected chi connectivity index (χ1v) is 15.2. The standard InChI is InChI=1S/C33H33FN4O7S/c1-19-12-20(2)36-33(35-19)46-17-29(39)38(16-21-8-6-7-9-24(21)34)30(22-13-27(41-3)31(43-5)28(14-22)42-4)32(40)37-23-10-11-25-26(15-23)45-18-44-25/h6-15,30H,16-18H2,1-5H3,(H,37,40). The number of halogens is 1. The number of nitrogens with zero attached hydrogens (tertiary/aromatic N) is 3. The molecule has 0 fully saturated rings. The SMILES string of the molecule is COc1cc(C(C(=O)Nc2ccc3c(c2)OCO3)N(Cc2ccccc2F)C(=O)CSc2nc(C)cc(C)n2)cc(OC)c1OC. The average molecular weight is 649 g/mol. The third kappa shape index (κ3) is 7.26. The van der Waals surface area contributed by atoms with Gasteiger partial charge in [0.2, 0.25) is 18.4 Å². The lowest BCUT2D eigenvalue weighted by Gasteiger charge is -2.32. The highest BCUT2D eigenvalue weighted by Crippen LogP contribution is 2.42. The number of anilines is 1. The summed E-state index contributed by atoms with van der Waals surface area (Å²) in [6, 6.07) is 14.8. The van der Waals surface area contributed by atoms with Crippen LogP contribution >= 0.6 is 11.8 Å². The molecule has 2 heterocycles. The largest absolute Gasteiger partial charge is 0.493 e. The molecule has 0 saturated heterocycles. The van der Waals surface area contributed by atoms with Gasteiger partial charge >= 0.3 is 0 Å². The van der Waals surface area contributed by atoms with E-state index in [4.69, 9.17) is 23.7 Å². The molecular weight excluding hydrogens is 615 g/mol. The molecule has 0 spiro atoms. The van der Waals surface area contributed by atoms with Gasteiger partial charge in [-0.25, -0.2) is 14.4 Å². The van der Waals surface area contributed by atoms with Crippen molar-refractivity contribution in [2.75, 3.05) is 39.2 Å². The Kier molecular flexibility index (Phi) is 10.1. The second-order valence-electron chi connectivity index (χ2n) is 10.3. The van der Waals surface area contributed by atoms with Crippen LogP contribution in [0.25, 0.3) is 0 Å². The van der Waals surface area contributed by atoms with Crippen molar-refractivity contribution in [3.05, 3.63) is 89.0 Å². The molecule has 3 aromatic carbocycles. The van der Waals surface area contributed by atoms with Gasteiger partial charge in [0.05, 0.1) is 27.1 Å². The van der Waals surface area contributed by atoms with Gasteiger partial charge in [0.1, 0.15) is 11.9 Å². The zero-order valence-electron chi connectivity index (χ0n) is 26.0. The smallest absolute Gasteiger partial charge is 0.251 e. The number of aryl methyl sites for hydroxylation is 2. The van der Waals surface area contributed by atoms with Crippen LogP contribution in [0.2, 0.25) is 0 Å². The second kappa shape index (κ2) is 14.4. The number of carbonyl (C=O) groups excluding carboxylic acids is 2. The molecule has 11 nitrogen and oxygen atoms in total. The highest BCUT2D eigenvalue weighted by Gasteiger charge is 2.34. The van der Waals surface area contributed by atoms with Gasteiger partial charge < -0.3 is 33.9 Å². The minimum Gasteiger partial charge on any atom is -0.493 e. The van der Waals surface area contributed by atoms with Gasteiger partial charge in [-0.3, -0.25) is 9.59 Å². The van der Waals surface area contributed by atoms with Crippen LogP contribution in [0.5, 0.6) is 28.7 Å². The van der Waals surface area contributed by atoms with Crippen molar-refractivity contribution in [1.82, 2.24) is 14.9 Å². The number of methoxy groups -OCH3 is 3. The Morgan fingerprint density at radius 2 is 1.61 bits per heavy atom. The summed E-state index contributed by atoms with van der Waals surface area (Å²) in [5.41, 5.74) is 2.47. The summed E-state index contributed by atoms with van der Waals surface area (Å²) in [7, 11) is 4.36. The number of amides is 2. The Bertz CT molecular complexity index is 1710. The molecule has 13 heteroatoms. The van der Waals surface area contributed by atoms with Crippen molar-refractivity contribution in [1.29, 1.82) is 0 Å². The monoisotopic (exact) mass is 648 g/mol. The van der Waals surface area contributed by atoms with E-state index in [0.29, 0.717) is 33.7 Å². The van der Waals surface area contributed by atoms with Crippen molar-refractivity contribution >= 4 is 29.3 Å². The lowest BCUT2D eigenvalue weighted by Crippen LogP contribution is -2.42. The zero-order chi connectivity index (χ0) is 32.8. The molecule has 0 saturated carbocycles. The fraction of sp³-hybridized carbons (Fsp3) is 0.273. The van der Waals surface area contributed by atoms with Crippen molar-refractivity contribution in [3.63, 3.8) is 0 Å². The van der Waals surface area contributed by atoms with E-state index in [9.17, 15) is 9.59 Å². The summed E-state index contributed by atoms with van der Waals surface area (Å²) in [6.07, 6.45) is 0. The maximum atomic E-state index is 15.1. The molecule has 0 radical (unpaired) electrons. The Morgan fingerprint density at radius 1 is 0.935 bits per heavy atom. The lowest BCUT2D eigenvalue weighted by molar-refractivity contribution is -0.137. The van der Waals surface area contributed by atoms with Crippen LogP contribution in [0, 0.1) is 19.7 Å². The molecule has 240 valence electrons. The van der Waals surface area contributed by atoms with Gasteiger partial charge in [0, 0.05) is 35.2 Å². The molecule has 1 N–H and O–H groups in total. The first-order chi connectivity index (χ1) is 22.2. The molecule has 1 aromatic heterocycles. The Labute approximate surface area is 270 Å². The predicted molar refractivity (Wildman–Crippen MR) is 169 cm³/mol. The third-order valence-electron chi connectivity index (χ3n) is 7.11. The van der Waals surface area contributed by atoms with E-state index in [1.165, 1.54) is 32.3 Å². The number of benzene rings is 3. The van der Waals surface area contributed by atoms with E-state index in [2.05, 4.69) is 15.3 Å². The van der Waals surface area contributed by atoms with E-state index >= 15 is 4.39 Å². The summed E-state index contributed by atoms with van der Waals surface area (Å²) in [5.74, 6) is 0.162. The fourth-order valence-electron chi connectivity index (χ4n) is 5.02. The van der Waals surface area contributed by atoms with Gasteiger partial charge in [-0.2, -0.15) is 0 Å². The van der Waals surface area contributed by atoms with Crippen molar-refractivity contribution in [3.8, 4) is 28.7 Å². The van der Waals surface area contributed by atoms with Crippen LogP contribution in [0.4, 0.5) is 10.1 Å². The molecule has 4 aromatic rings. The summed E-state index contributed by atoms with van der Waals surface area (Å²) < 4.78 is 42.6. The normalized spacial score (nSPS) is 12.3. The van der Waals surface area contributed by atoms with Gasteiger partial charge in [-0.1, -0.05) is 30.0 Å². The molecule has 5 rings (SSSR count). The maximum Gasteiger partial charge on any atom is 0.251 e. The highest BCUT2D eigenvalue weighted by molar-refractivity contribution is 7.99. The first-order valence-electron chi connectivity index (χ1n) is 14.2. The number of fused-ring (bicyclic) bond motifs is 1. The number of aromatic nitrogens is 2. The molecule has 2 amide bonds. The number of rotatable bonds is 12. The second-order valence-corrected chi connectivity index (χ2v) is 11.2. The van der Waals surface area contributed by atoms with E-state index in [0.717, 1.165) is 23.1 Å². The summed E-state index contributed by atoms with van der Waals surface area (Å²) in [4.78, 5) is 38.7.